The number of carboxylic acid groups (broad SMARTS) is 1. The molecule has 3 aromatic carbocycles. The van der Waals surface area contributed by atoms with Gasteiger partial charge >= 0.3 is 5.97 Å². The molecule has 8 nitrogen and oxygen atoms in total. The first-order valence-corrected chi connectivity index (χ1v) is 9.45. The molecule has 0 aliphatic rings. The van der Waals surface area contributed by atoms with E-state index in [4.69, 9.17) is 16.2 Å². The summed E-state index contributed by atoms with van der Waals surface area (Å²) in [6.07, 6.45) is -0.842. The highest BCUT2D eigenvalue weighted by molar-refractivity contribution is 6.04. The van der Waals surface area contributed by atoms with Gasteiger partial charge < -0.3 is 26.6 Å². The summed E-state index contributed by atoms with van der Waals surface area (Å²) in [6, 6.07) is 22.2. The molecule has 0 aliphatic carbocycles. The molecule has 0 saturated carbocycles. The van der Waals surface area contributed by atoms with Gasteiger partial charge in [-0.15, -0.1) is 0 Å². The highest BCUT2D eigenvalue weighted by Gasteiger charge is 2.20. The predicted octanol–water partition coefficient (Wildman–Crippen LogP) is 2.92. The second-order valence-electron chi connectivity index (χ2n) is 6.70. The maximum Gasteiger partial charge on any atom is 0.345 e. The molecule has 0 aliphatic heterocycles. The normalized spacial score (nSPS) is 11.2. The lowest BCUT2D eigenvalue weighted by atomic mass is 10.1. The van der Waals surface area contributed by atoms with E-state index in [0.29, 0.717) is 22.7 Å². The lowest BCUT2D eigenvalue weighted by Gasteiger charge is -2.16. The van der Waals surface area contributed by atoms with Gasteiger partial charge in [-0.1, -0.05) is 36.4 Å². The van der Waals surface area contributed by atoms with Crippen molar-refractivity contribution in [3.8, 4) is 5.75 Å². The molecule has 0 fully saturated rings. The zero-order valence-corrected chi connectivity index (χ0v) is 16.6. The van der Waals surface area contributed by atoms with Crippen LogP contribution in [0.5, 0.6) is 5.75 Å². The Morgan fingerprint density at radius 2 is 1.68 bits per heavy atom. The number of carboxylic acids is 1. The third kappa shape index (κ3) is 6.33. The third-order valence-electron chi connectivity index (χ3n) is 4.30. The molecular weight excluding hydrogens is 396 g/mol. The number of carbonyl (C=O) groups is 2. The van der Waals surface area contributed by atoms with Gasteiger partial charge in [-0.05, 0) is 42.0 Å². The number of amides is 1. The molecule has 158 valence electrons. The van der Waals surface area contributed by atoms with E-state index in [1.807, 2.05) is 30.3 Å². The highest BCUT2D eigenvalue weighted by Crippen LogP contribution is 2.21. The molecule has 31 heavy (non-hydrogen) atoms. The number of carbonyl (C=O) groups excluding carboxylic acids is 1. The van der Waals surface area contributed by atoms with E-state index in [2.05, 4.69) is 10.3 Å². The summed E-state index contributed by atoms with van der Waals surface area (Å²) >= 11 is 0. The Labute approximate surface area is 179 Å². The number of hydrogen-bond acceptors (Lipinski definition) is 4. The van der Waals surface area contributed by atoms with Crippen LogP contribution in [0, 0.1) is 0 Å². The van der Waals surface area contributed by atoms with Crippen LogP contribution in [-0.2, 0) is 11.2 Å². The van der Waals surface area contributed by atoms with Crippen molar-refractivity contribution in [1.82, 2.24) is 0 Å². The first-order valence-electron chi connectivity index (χ1n) is 9.45. The third-order valence-corrected chi connectivity index (χ3v) is 4.30. The molecule has 0 radical (unpaired) electrons. The number of anilines is 1. The van der Waals surface area contributed by atoms with E-state index in [1.54, 1.807) is 48.5 Å². The standard InChI is InChI=1S/C23H22N4O4/c24-23(25)27-17-11-9-16(10-12-17)21(28)26-18-7-4-8-19(14-18)31-20(22(29)30)13-15-5-2-1-3-6-15/h1-12,14,20H,13H2,(H,26,28)(H,29,30)(H4,24,25,27). The van der Waals surface area contributed by atoms with Gasteiger partial charge in [0, 0.05) is 23.7 Å². The maximum atomic E-state index is 12.5. The minimum Gasteiger partial charge on any atom is -0.478 e. The average molecular weight is 418 g/mol. The molecule has 6 N–H and O–H groups in total. The van der Waals surface area contributed by atoms with Crippen molar-refractivity contribution in [2.75, 3.05) is 5.32 Å². The minimum atomic E-state index is -1.07. The van der Waals surface area contributed by atoms with Crippen LogP contribution >= 0.6 is 0 Å². The Morgan fingerprint density at radius 1 is 0.968 bits per heavy atom. The van der Waals surface area contributed by atoms with E-state index < -0.39 is 12.1 Å². The minimum absolute atomic E-state index is 0.0686. The quantitative estimate of drug-likeness (QED) is 0.327. The molecule has 3 rings (SSSR count). The van der Waals surface area contributed by atoms with Crippen LogP contribution in [0.25, 0.3) is 0 Å². The van der Waals surface area contributed by atoms with Crippen LogP contribution in [0.2, 0.25) is 0 Å². The number of aliphatic carboxylic acids is 1. The molecule has 1 amide bonds. The van der Waals surface area contributed by atoms with Gasteiger partial charge in [-0.3, -0.25) is 4.79 Å². The number of hydrogen-bond donors (Lipinski definition) is 4. The monoisotopic (exact) mass is 418 g/mol. The van der Waals surface area contributed by atoms with Crippen molar-refractivity contribution in [2.45, 2.75) is 12.5 Å². The summed E-state index contributed by atoms with van der Waals surface area (Å²) in [5.41, 5.74) is 12.9. The SMILES string of the molecule is NC(N)=Nc1ccc(C(=O)Nc2cccc(OC(Cc3ccccc3)C(=O)O)c2)cc1. The van der Waals surface area contributed by atoms with Gasteiger partial charge in [0.15, 0.2) is 12.1 Å². The summed E-state index contributed by atoms with van der Waals surface area (Å²) in [6.45, 7) is 0. The lowest BCUT2D eigenvalue weighted by Crippen LogP contribution is -2.29. The topological polar surface area (TPSA) is 140 Å². The number of rotatable bonds is 8. The molecule has 0 spiro atoms. The zero-order valence-electron chi connectivity index (χ0n) is 16.6. The van der Waals surface area contributed by atoms with Crippen LogP contribution in [0.15, 0.2) is 83.9 Å². The van der Waals surface area contributed by atoms with Gasteiger partial charge in [-0.25, -0.2) is 9.79 Å². The summed E-state index contributed by atoms with van der Waals surface area (Å²) < 4.78 is 5.67. The largest absolute Gasteiger partial charge is 0.478 e. The number of nitrogens with one attached hydrogen (secondary N) is 1. The molecule has 0 bridgehead atoms. The molecule has 0 heterocycles. The molecule has 1 unspecified atom stereocenters. The summed E-state index contributed by atoms with van der Waals surface area (Å²) in [5.74, 6) is -1.14. The fourth-order valence-electron chi connectivity index (χ4n) is 2.86. The smallest absolute Gasteiger partial charge is 0.345 e. The lowest BCUT2D eigenvalue weighted by molar-refractivity contribution is -0.145. The summed E-state index contributed by atoms with van der Waals surface area (Å²) in [4.78, 5) is 28.0. The van der Waals surface area contributed by atoms with Crippen LogP contribution in [0.1, 0.15) is 15.9 Å². The Balaban J connectivity index is 1.68. The van der Waals surface area contributed by atoms with E-state index >= 15 is 0 Å². The van der Waals surface area contributed by atoms with Gasteiger partial charge in [0.1, 0.15) is 5.75 Å². The highest BCUT2D eigenvalue weighted by atomic mass is 16.5. The molecular formula is C23H22N4O4. The van der Waals surface area contributed by atoms with E-state index in [1.165, 1.54) is 0 Å². The molecule has 1 atom stereocenters. The van der Waals surface area contributed by atoms with Crippen LogP contribution < -0.4 is 21.5 Å². The number of nitrogens with zero attached hydrogens (tertiary/aromatic N) is 1. The first-order chi connectivity index (χ1) is 14.9. The molecule has 8 heteroatoms. The Hall–Kier alpha value is -4.33. The van der Waals surface area contributed by atoms with E-state index in [-0.39, 0.29) is 18.3 Å². The van der Waals surface area contributed by atoms with Crippen LogP contribution in [-0.4, -0.2) is 29.0 Å². The predicted molar refractivity (Wildman–Crippen MR) is 119 cm³/mol. The number of guanidine groups is 1. The van der Waals surface area contributed by atoms with Gasteiger partial charge in [0.2, 0.25) is 0 Å². The Kier molecular flexibility index (Phi) is 6.85. The van der Waals surface area contributed by atoms with Gasteiger partial charge in [-0.2, -0.15) is 0 Å². The van der Waals surface area contributed by atoms with Crippen molar-refractivity contribution in [3.63, 3.8) is 0 Å². The molecule has 3 aromatic rings. The molecule has 0 aromatic heterocycles. The number of benzene rings is 3. The van der Waals surface area contributed by atoms with Crippen molar-refractivity contribution >= 4 is 29.2 Å². The fraction of sp³-hybridized carbons (Fsp3) is 0.0870. The van der Waals surface area contributed by atoms with Crippen LogP contribution in [0.3, 0.4) is 0 Å². The first kappa shape index (κ1) is 21.4. The average Bonchev–Trinajstić information content (AvgIpc) is 2.74. The van der Waals surface area contributed by atoms with Gasteiger partial charge in [0.25, 0.3) is 5.91 Å². The van der Waals surface area contributed by atoms with Crippen LogP contribution in [0.4, 0.5) is 11.4 Å². The van der Waals surface area contributed by atoms with E-state index in [0.717, 1.165) is 5.56 Å². The molecule has 0 saturated heterocycles. The fourth-order valence-corrected chi connectivity index (χ4v) is 2.86. The van der Waals surface area contributed by atoms with E-state index in [9.17, 15) is 14.7 Å². The Bertz CT molecular complexity index is 1080. The number of ether oxygens (including phenoxy) is 1. The Morgan fingerprint density at radius 3 is 2.32 bits per heavy atom. The summed E-state index contributed by atoms with van der Waals surface area (Å²) in [5, 5.41) is 12.3. The number of nitrogens with two attached hydrogens (primary N) is 2. The summed E-state index contributed by atoms with van der Waals surface area (Å²) in [7, 11) is 0. The van der Waals surface area contributed by atoms with Crippen molar-refractivity contribution < 1.29 is 19.4 Å². The second-order valence-corrected chi connectivity index (χ2v) is 6.70. The number of aliphatic imine (C=N–C) groups is 1. The van der Waals surface area contributed by atoms with Crippen molar-refractivity contribution in [1.29, 1.82) is 0 Å². The second kappa shape index (κ2) is 9.93. The zero-order chi connectivity index (χ0) is 22.2. The van der Waals surface area contributed by atoms with Gasteiger partial charge in [0.05, 0.1) is 5.69 Å². The van der Waals surface area contributed by atoms with Crippen molar-refractivity contribution in [3.05, 3.63) is 90.0 Å². The maximum absolute atomic E-state index is 12.5. The van der Waals surface area contributed by atoms with Crippen molar-refractivity contribution in [2.24, 2.45) is 16.5 Å².